The Kier molecular flexibility index (Phi) is 9.59. The minimum absolute atomic E-state index is 0.274. The van der Waals surface area contributed by atoms with Gasteiger partial charge in [-0.3, -0.25) is 4.79 Å². The van der Waals surface area contributed by atoms with Crippen molar-refractivity contribution >= 4 is 5.97 Å². The average molecular weight is 216 g/mol. The molecule has 90 valence electrons. The van der Waals surface area contributed by atoms with Gasteiger partial charge in [-0.1, -0.05) is 26.2 Å². The molecular weight excluding hydrogens is 192 g/mol. The monoisotopic (exact) mass is 216 g/mol. The predicted octanol–water partition coefficient (Wildman–Crippen LogP) is 3.23. The summed E-state index contributed by atoms with van der Waals surface area (Å²) in [6.45, 7) is 5.08. The van der Waals surface area contributed by atoms with Gasteiger partial charge in [-0.05, 0) is 26.2 Å². The van der Waals surface area contributed by atoms with Gasteiger partial charge in [0.15, 0.2) is 0 Å². The number of rotatable bonds is 10. The third-order valence-corrected chi connectivity index (χ3v) is 2.40. The third-order valence-electron chi connectivity index (χ3n) is 2.40. The van der Waals surface area contributed by atoms with E-state index in [0.717, 1.165) is 32.3 Å². The molecule has 0 aromatic heterocycles. The summed E-state index contributed by atoms with van der Waals surface area (Å²) in [5.41, 5.74) is 0. The first kappa shape index (κ1) is 14.4. The van der Waals surface area contributed by atoms with Crippen molar-refractivity contribution in [3.8, 4) is 0 Å². The Bertz CT molecular complexity index is 157. The molecule has 0 aliphatic rings. The second-order valence-electron chi connectivity index (χ2n) is 4.03. The summed E-state index contributed by atoms with van der Waals surface area (Å²) in [6, 6.07) is 0. The Balaban J connectivity index is 3.18. The summed E-state index contributed by atoms with van der Waals surface area (Å²) < 4.78 is 5.60. The highest BCUT2D eigenvalue weighted by Crippen LogP contribution is 2.07. The van der Waals surface area contributed by atoms with E-state index in [2.05, 4.69) is 13.8 Å². The molecule has 0 bridgehead atoms. The van der Waals surface area contributed by atoms with Crippen molar-refractivity contribution in [2.45, 2.75) is 64.9 Å². The van der Waals surface area contributed by atoms with E-state index in [-0.39, 0.29) is 12.5 Å². The number of carboxylic acids is 1. The first-order chi connectivity index (χ1) is 7.16. The van der Waals surface area contributed by atoms with E-state index in [9.17, 15) is 4.79 Å². The predicted molar refractivity (Wildman–Crippen MR) is 61.0 cm³/mol. The highest BCUT2D eigenvalue weighted by atomic mass is 16.5. The fourth-order valence-corrected chi connectivity index (χ4v) is 1.43. The Morgan fingerprint density at radius 2 is 2.00 bits per heavy atom. The first-order valence-electron chi connectivity index (χ1n) is 6.00. The molecule has 0 rings (SSSR count). The topological polar surface area (TPSA) is 46.5 Å². The minimum Gasteiger partial charge on any atom is -0.481 e. The highest BCUT2D eigenvalue weighted by molar-refractivity contribution is 5.66. The Morgan fingerprint density at radius 3 is 2.60 bits per heavy atom. The molecule has 0 aromatic rings. The van der Waals surface area contributed by atoms with E-state index in [1.165, 1.54) is 12.8 Å². The van der Waals surface area contributed by atoms with Crippen LogP contribution in [0.4, 0.5) is 0 Å². The molecule has 0 fully saturated rings. The Labute approximate surface area is 92.8 Å². The number of unbranched alkanes of at least 4 members (excludes halogenated alkanes) is 3. The van der Waals surface area contributed by atoms with E-state index in [1.54, 1.807) is 0 Å². The molecule has 3 nitrogen and oxygen atoms in total. The van der Waals surface area contributed by atoms with Crippen LogP contribution in [-0.4, -0.2) is 23.8 Å². The van der Waals surface area contributed by atoms with Crippen molar-refractivity contribution in [1.29, 1.82) is 0 Å². The minimum atomic E-state index is -0.702. The van der Waals surface area contributed by atoms with Crippen LogP contribution < -0.4 is 0 Å². The zero-order chi connectivity index (χ0) is 11.5. The lowest BCUT2D eigenvalue weighted by Crippen LogP contribution is -2.09. The summed E-state index contributed by atoms with van der Waals surface area (Å²) in [6.07, 6.45) is 6.81. The molecule has 1 unspecified atom stereocenters. The smallest absolute Gasteiger partial charge is 0.303 e. The molecule has 0 spiro atoms. The molecule has 3 heteroatoms. The van der Waals surface area contributed by atoms with Gasteiger partial charge >= 0.3 is 5.97 Å². The lowest BCUT2D eigenvalue weighted by Gasteiger charge is -2.12. The van der Waals surface area contributed by atoms with Crippen LogP contribution in [0.2, 0.25) is 0 Å². The summed E-state index contributed by atoms with van der Waals surface area (Å²) >= 11 is 0. The molecule has 0 aromatic carbocycles. The van der Waals surface area contributed by atoms with Gasteiger partial charge in [-0.25, -0.2) is 0 Å². The lowest BCUT2D eigenvalue weighted by atomic mass is 10.1. The molecule has 0 amide bonds. The van der Waals surface area contributed by atoms with Crippen LogP contribution in [0.25, 0.3) is 0 Å². The Morgan fingerprint density at radius 1 is 1.27 bits per heavy atom. The van der Waals surface area contributed by atoms with Gasteiger partial charge in [0.2, 0.25) is 0 Å². The van der Waals surface area contributed by atoms with E-state index in [4.69, 9.17) is 9.84 Å². The Hall–Kier alpha value is -0.570. The summed E-state index contributed by atoms with van der Waals surface area (Å²) in [5, 5.41) is 8.45. The molecule has 1 atom stereocenters. The van der Waals surface area contributed by atoms with Gasteiger partial charge in [0, 0.05) is 13.0 Å². The van der Waals surface area contributed by atoms with E-state index < -0.39 is 5.97 Å². The third kappa shape index (κ3) is 11.4. The normalized spacial score (nSPS) is 12.7. The van der Waals surface area contributed by atoms with E-state index in [1.807, 2.05) is 0 Å². The van der Waals surface area contributed by atoms with Crippen molar-refractivity contribution in [1.82, 2.24) is 0 Å². The quantitative estimate of drug-likeness (QED) is 0.570. The first-order valence-corrected chi connectivity index (χ1v) is 6.00. The standard InChI is InChI=1S/C12H24O3/c1-3-4-7-10-15-11(2)8-5-6-9-12(13)14/h11H,3-10H2,1-2H3,(H,13,14). The number of hydrogen-bond donors (Lipinski definition) is 1. The van der Waals surface area contributed by atoms with Gasteiger partial charge in [-0.2, -0.15) is 0 Å². The summed E-state index contributed by atoms with van der Waals surface area (Å²) in [5.74, 6) is -0.702. The van der Waals surface area contributed by atoms with Crippen LogP contribution in [0.15, 0.2) is 0 Å². The zero-order valence-electron chi connectivity index (χ0n) is 10.00. The number of carboxylic acid groups (broad SMARTS) is 1. The second kappa shape index (κ2) is 9.97. The molecule has 0 aliphatic heterocycles. The van der Waals surface area contributed by atoms with Gasteiger partial charge in [0.1, 0.15) is 0 Å². The molecule has 0 aliphatic carbocycles. The van der Waals surface area contributed by atoms with Gasteiger partial charge in [0.25, 0.3) is 0 Å². The molecule has 0 heterocycles. The molecular formula is C12H24O3. The summed E-state index contributed by atoms with van der Waals surface area (Å²) in [7, 11) is 0. The van der Waals surface area contributed by atoms with E-state index in [0.29, 0.717) is 0 Å². The number of carbonyl (C=O) groups is 1. The van der Waals surface area contributed by atoms with E-state index >= 15 is 0 Å². The lowest BCUT2D eigenvalue weighted by molar-refractivity contribution is -0.137. The average Bonchev–Trinajstić information content (AvgIpc) is 2.19. The van der Waals surface area contributed by atoms with Crippen molar-refractivity contribution in [3.05, 3.63) is 0 Å². The maximum absolute atomic E-state index is 10.3. The van der Waals surface area contributed by atoms with Crippen molar-refractivity contribution in [2.75, 3.05) is 6.61 Å². The second-order valence-corrected chi connectivity index (χ2v) is 4.03. The van der Waals surface area contributed by atoms with Gasteiger partial charge in [0.05, 0.1) is 6.10 Å². The maximum atomic E-state index is 10.3. The number of hydrogen-bond acceptors (Lipinski definition) is 2. The molecule has 0 saturated carbocycles. The molecule has 15 heavy (non-hydrogen) atoms. The fraction of sp³-hybridized carbons (Fsp3) is 0.917. The van der Waals surface area contributed by atoms with Crippen molar-refractivity contribution in [3.63, 3.8) is 0 Å². The largest absolute Gasteiger partial charge is 0.481 e. The molecule has 1 N–H and O–H groups in total. The number of ether oxygens (including phenoxy) is 1. The van der Waals surface area contributed by atoms with Crippen molar-refractivity contribution < 1.29 is 14.6 Å². The van der Waals surface area contributed by atoms with Crippen LogP contribution in [0.3, 0.4) is 0 Å². The highest BCUT2D eigenvalue weighted by Gasteiger charge is 2.03. The zero-order valence-corrected chi connectivity index (χ0v) is 10.00. The molecule has 0 radical (unpaired) electrons. The van der Waals surface area contributed by atoms with Crippen LogP contribution in [-0.2, 0) is 9.53 Å². The fourth-order valence-electron chi connectivity index (χ4n) is 1.43. The molecule has 0 saturated heterocycles. The maximum Gasteiger partial charge on any atom is 0.303 e. The van der Waals surface area contributed by atoms with Gasteiger partial charge < -0.3 is 9.84 Å². The van der Waals surface area contributed by atoms with Crippen LogP contribution in [0.1, 0.15) is 58.8 Å². The van der Waals surface area contributed by atoms with Gasteiger partial charge in [-0.15, -0.1) is 0 Å². The number of aliphatic carboxylic acids is 1. The summed E-state index contributed by atoms with van der Waals surface area (Å²) in [4.78, 5) is 10.3. The van der Waals surface area contributed by atoms with Crippen molar-refractivity contribution in [2.24, 2.45) is 0 Å². The SMILES string of the molecule is CCCCCOC(C)CCCCC(=O)O. The van der Waals surface area contributed by atoms with Crippen LogP contribution in [0, 0.1) is 0 Å². The van der Waals surface area contributed by atoms with Crippen LogP contribution in [0.5, 0.6) is 0 Å². The van der Waals surface area contributed by atoms with Crippen LogP contribution >= 0.6 is 0 Å².